The fourth-order valence-corrected chi connectivity index (χ4v) is 2.56. The van der Waals surface area contributed by atoms with Crippen LogP contribution in [-0.2, 0) is 0 Å². The summed E-state index contributed by atoms with van der Waals surface area (Å²) >= 11 is 0. The summed E-state index contributed by atoms with van der Waals surface area (Å²) in [6, 6.07) is 4.37. The summed E-state index contributed by atoms with van der Waals surface area (Å²) in [5.74, 6) is -0.240. The third kappa shape index (κ3) is 4.42. The average Bonchev–Trinajstić information content (AvgIpc) is 2.46. The molecule has 1 heterocycles. The lowest BCUT2D eigenvalue weighted by atomic mass is 9.81. The highest BCUT2D eigenvalue weighted by Crippen LogP contribution is 2.27. The van der Waals surface area contributed by atoms with E-state index in [4.69, 9.17) is 0 Å². The molecule has 0 spiro atoms. The second-order valence-corrected chi connectivity index (χ2v) is 6.00. The predicted molar refractivity (Wildman–Crippen MR) is 87.6 cm³/mol. The van der Waals surface area contributed by atoms with Crippen LogP contribution in [-0.4, -0.2) is 30.5 Å². The molecule has 2 N–H and O–H groups in total. The Morgan fingerprint density at radius 3 is 2.64 bits per heavy atom. The van der Waals surface area contributed by atoms with Crippen LogP contribution in [0.2, 0.25) is 0 Å². The van der Waals surface area contributed by atoms with Crippen molar-refractivity contribution in [3.05, 3.63) is 39.4 Å². The van der Waals surface area contributed by atoms with Gasteiger partial charge in [-0.05, 0) is 43.8 Å². The van der Waals surface area contributed by atoms with Gasteiger partial charge in [-0.1, -0.05) is 13.0 Å². The van der Waals surface area contributed by atoms with E-state index in [9.17, 15) is 14.9 Å². The molecule has 0 atom stereocenters. The second-order valence-electron chi connectivity index (χ2n) is 6.00. The molecule has 0 aliphatic carbocycles. The van der Waals surface area contributed by atoms with Crippen molar-refractivity contribution >= 4 is 24.0 Å². The first-order chi connectivity index (χ1) is 9.91. The number of hydrogen-bond donors (Lipinski definition) is 2. The van der Waals surface area contributed by atoms with E-state index in [0.29, 0.717) is 12.1 Å². The van der Waals surface area contributed by atoms with Gasteiger partial charge in [-0.3, -0.25) is 14.9 Å². The molecule has 22 heavy (non-hydrogen) atoms. The molecule has 1 amide bonds. The van der Waals surface area contributed by atoms with E-state index in [0.717, 1.165) is 31.5 Å². The fraction of sp³-hybridized carbons (Fsp3) is 0.533. The first kappa shape index (κ1) is 18.4. The van der Waals surface area contributed by atoms with E-state index >= 15 is 0 Å². The van der Waals surface area contributed by atoms with E-state index in [1.54, 1.807) is 13.0 Å². The van der Waals surface area contributed by atoms with E-state index in [-0.39, 0.29) is 29.4 Å². The van der Waals surface area contributed by atoms with Gasteiger partial charge >= 0.3 is 0 Å². The molecule has 1 aromatic rings. The lowest BCUT2D eigenvalue weighted by Crippen LogP contribution is -2.43. The highest BCUT2D eigenvalue weighted by molar-refractivity contribution is 5.96. The Balaban J connectivity index is 0.00000242. The normalized spacial score (nSPS) is 16.5. The van der Waals surface area contributed by atoms with Crippen molar-refractivity contribution in [3.8, 4) is 0 Å². The zero-order chi connectivity index (χ0) is 15.5. The zero-order valence-corrected chi connectivity index (χ0v) is 13.7. The monoisotopic (exact) mass is 327 g/mol. The van der Waals surface area contributed by atoms with Gasteiger partial charge in [0.15, 0.2) is 0 Å². The van der Waals surface area contributed by atoms with Gasteiger partial charge in [-0.25, -0.2) is 0 Å². The van der Waals surface area contributed by atoms with Crippen LogP contribution in [0.1, 0.15) is 35.7 Å². The van der Waals surface area contributed by atoms with E-state index < -0.39 is 4.92 Å². The number of piperidine rings is 1. The van der Waals surface area contributed by atoms with Gasteiger partial charge < -0.3 is 10.6 Å². The van der Waals surface area contributed by atoms with Crippen molar-refractivity contribution in [1.29, 1.82) is 0 Å². The van der Waals surface area contributed by atoms with Crippen LogP contribution in [0.25, 0.3) is 0 Å². The molecule has 1 aliphatic heterocycles. The quantitative estimate of drug-likeness (QED) is 0.657. The number of halogens is 1. The molecule has 2 rings (SSSR count). The van der Waals surface area contributed by atoms with Gasteiger partial charge in [-0.15, -0.1) is 12.4 Å². The fourth-order valence-electron chi connectivity index (χ4n) is 2.56. The van der Waals surface area contributed by atoms with Crippen molar-refractivity contribution in [2.45, 2.75) is 26.7 Å². The number of aryl methyl sites for hydroxylation is 1. The maximum Gasteiger partial charge on any atom is 0.270 e. The standard InChI is InChI=1S/C15H21N3O3.ClH/c1-11-3-4-12(18(20)21)9-13(11)14(19)17-10-15(2)5-7-16-8-6-15;/h3-4,9,16H,5-8,10H2,1-2H3,(H,17,19);1H. The molecule has 0 bridgehead atoms. The lowest BCUT2D eigenvalue weighted by molar-refractivity contribution is -0.384. The SMILES string of the molecule is Cc1ccc([N+](=O)[O-])cc1C(=O)NCC1(C)CCNCC1.Cl. The molecule has 1 aliphatic rings. The molecule has 0 radical (unpaired) electrons. The Morgan fingerprint density at radius 1 is 1.41 bits per heavy atom. The Kier molecular flexibility index (Phi) is 6.32. The third-order valence-electron chi connectivity index (χ3n) is 4.16. The summed E-state index contributed by atoms with van der Waals surface area (Å²) in [6.45, 7) is 6.46. The molecule has 1 aromatic carbocycles. The Labute approximate surface area is 136 Å². The summed E-state index contributed by atoms with van der Waals surface area (Å²) in [6.07, 6.45) is 2.03. The molecular weight excluding hydrogens is 306 g/mol. The molecule has 1 saturated heterocycles. The van der Waals surface area contributed by atoms with Crippen LogP contribution in [0.15, 0.2) is 18.2 Å². The summed E-state index contributed by atoms with van der Waals surface area (Å²) < 4.78 is 0. The number of benzene rings is 1. The molecule has 1 fully saturated rings. The van der Waals surface area contributed by atoms with Crippen molar-refractivity contribution in [2.24, 2.45) is 5.41 Å². The Hall–Kier alpha value is -1.66. The second kappa shape index (κ2) is 7.56. The number of amides is 1. The zero-order valence-electron chi connectivity index (χ0n) is 12.8. The highest BCUT2D eigenvalue weighted by Gasteiger charge is 2.27. The first-order valence-corrected chi connectivity index (χ1v) is 7.15. The van der Waals surface area contributed by atoms with Crippen LogP contribution in [0.4, 0.5) is 5.69 Å². The number of carbonyl (C=O) groups excluding carboxylic acids is 1. The molecule has 0 aromatic heterocycles. The predicted octanol–water partition coefficient (Wildman–Crippen LogP) is 2.44. The van der Waals surface area contributed by atoms with Crippen molar-refractivity contribution in [1.82, 2.24) is 10.6 Å². The first-order valence-electron chi connectivity index (χ1n) is 7.15. The molecule has 0 unspecified atom stereocenters. The smallest absolute Gasteiger partial charge is 0.270 e. The minimum Gasteiger partial charge on any atom is -0.351 e. The van der Waals surface area contributed by atoms with Crippen molar-refractivity contribution < 1.29 is 9.72 Å². The van der Waals surface area contributed by atoms with E-state index in [1.807, 2.05) is 0 Å². The molecular formula is C15H22ClN3O3. The summed E-state index contributed by atoms with van der Waals surface area (Å²) in [5.41, 5.74) is 1.16. The number of nitro benzene ring substituents is 1. The molecule has 6 nitrogen and oxygen atoms in total. The highest BCUT2D eigenvalue weighted by atomic mass is 35.5. The van der Waals surface area contributed by atoms with Crippen molar-refractivity contribution in [2.75, 3.05) is 19.6 Å². The van der Waals surface area contributed by atoms with Gasteiger partial charge in [0.1, 0.15) is 0 Å². The number of nitrogens with one attached hydrogen (secondary N) is 2. The van der Waals surface area contributed by atoms with Crippen LogP contribution < -0.4 is 10.6 Å². The molecule has 7 heteroatoms. The number of nitrogens with zero attached hydrogens (tertiary/aromatic N) is 1. The van der Waals surface area contributed by atoms with E-state index in [1.165, 1.54) is 12.1 Å². The van der Waals surface area contributed by atoms with Crippen LogP contribution >= 0.6 is 12.4 Å². The maximum atomic E-state index is 12.3. The number of carbonyl (C=O) groups is 1. The van der Waals surface area contributed by atoms with Crippen LogP contribution in [0.5, 0.6) is 0 Å². The molecule has 122 valence electrons. The van der Waals surface area contributed by atoms with Crippen molar-refractivity contribution in [3.63, 3.8) is 0 Å². The van der Waals surface area contributed by atoms with Gasteiger partial charge in [0.05, 0.1) is 4.92 Å². The van der Waals surface area contributed by atoms with Crippen LogP contribution in [0, 0.1) is 22.5 Å². The number of nitro groups is 1. The average molecular weight is 328 g/mol. The topological polar surface area (TPSA) is 84.3 Å². The third-order valence-corrected chi connectivity index (χ3v) is 4.16. The summed E-state index contributed by atoms with van der Waals surface area (Å²) in [7, 11) is 0. The van der Waals surface area contributed by atoms with Gasteiger partial charge in [-0.2, -0.15) is 0 Å². The summed E-state index contributed by atoms with van der Waals surface area (Å²) in [4.78, 5) is 22.6. The maximum absolute atomic E-state index is 12.3. The minimum atomic E-state index is -0.482. The Bertz CT molecular complexity index is 557. The largest absolute Gasteiger partial charge is 0.351 e. The van der Waals surface area contributed by atoms with Gasteiger partial charge in [0.2, 0.25) is 0 Å². The Morgan fingerprint density at radius 2 is 2.05 bits per heavy atom. The minimum absolute atomic E-state index is 0. The number of rotatable bonds is 4. The van der Waals surface area contributed by atoms with Gasteiger partial charge in [0.25, 0.3) is 11.6 Å². The van der Waals surface area contributed by atoms with Crippen LogP contribution in [0.3, 0.4) is 0 Å². The number of hydrogen-bond acceptors (Lipinski definition) is 4. The van der Waals surface area contributed by atoms with E-state index in [2.05, 4.69) is 17.6 Å². The number of non-ortho nitro benzene ring substituents is 1. The summed E-state index contributed by atoms with van der Waals surface area (Å²) in [5, 5.41) is 17.0. The molecule has 0 saturated carbocycles. The van der Waals surface area contributed by atoms with Gasteiger partial charge in [0, 0.05) is 24.2 Å². The lowest BCUT2D eigenvalue weighted by Gasteiger charge is -2.34.